The Morgan fingerprint density at radius 2 is 1.83 bits per heavy atom. The topological polar surface area (TPSA) is 98.2 Å². The van der Waals surface area contributed by atoms with Gasteiger partial charge in [-0.1, -0.05) is 12.1 Å². The maximum Gasteiger partial charge on any atom is 0.225 e. The van der Waals surface area contributed by atoms with Gasteiger partial charge in [0.15, 0.2) is 0 Å². The van der Waals surface area contributed by atoms with Crippen LogP contribution in [0.4, 0.5) is 5.69 Å². The normalized spacial score (nSPS) is 11.2. The molecule has 0 saturated carbocycles. The first-order valence-electron chi connectivity index (χ1n) is 5.40. The number of rotatable bonds is 5. The van der Waals surface area contributed by atoms with Gasteiger partial charge in [-0.25, -0.2) is 0 Å². The van der Waals surface area contributed by atoms with Crippen molar-refractivity contribution in [1.82, 2.24) is 0 Å². The van der Waals surface area contributed by atoms with Crippen LogP contribution in [-0.4, -0.2) is 17.9 Å². The van der Waals surface area contributed by atoms with Crippen LogP contribution in [-0.2, 0) is 16.0 Å². The van der Waals surface area contributed by atoms with Crippen molar-refractivity contribution in [2.24, 2.45) is 11.5 Å². The van der Waals surface area contributed by atoms with Gasteiger partial charge in [-0.15, -0.1) is 12.4 Å². The molecule has 0 aliphatic rings. The fraction of sp³-hybridized carbons (Fsp3) is 0.333. The van der Waals surface area contributed by atoms with Crippen LogP contribution in [0.2, 0.25) is 0 Å². The van der Waals surface area contributed by atoms with E-state index < -0.39 is 0 Å². The summed E-state index contributed by atoms with van der Waals surface area (Å²) < 4.78 is 0. The molecule has 0 aliphatic heterocycles. The van der Waals surface area contributed by atoms with Gasteiger partial charge in [-0.05, 0) is 24.6 Å². The van der Waals surface area contributed by atoms with Crippen LogP contribution < -0.4 is 16.8 Å². The minimum Gasteiger partial charge on any atom is -0.369 e. The van der Waals surface area contributed by atoms with Gasteiger partial charge in [0.2, 0.25) is 11.8 Å². The number of carbonyl (C=O) groups is 2. The van der Waals surface area contributed by atoms with Crippen molar-refractivity contribution < 1.29 is 9.59 Å². The molecule has 100 valence electrons. The Labute approximate surface area is 112 Å². The van der Waals surface area contributed by atoms with E-state index in [0.717, 1.165) is 5.56 Å². The predicted octanol–water partition coefficient (Wildman–Crippen LogP) is 0.812. The Bertz CT molecular complexity index is 404. The average Bonchev–Trinajstić information content (AvgIpc) is 2.18. The summed E-state index contributed by atoms with van der Waals surface area (Å²) >= 11 is 0. The van der Waals surface area contributed by atoms with Crippen molar-refractivity contribution in [3.8, 4) is 0 Å². The number of hydrogen-bond acceptors (Lipinski definition) is 3. The molecule has 0 radical (unpaired) electrons. The Kier molecular flexibility index (Phi) is 7.00. The monoisotopic (exact) mass is 271 g/mol. The van der Waals surface area contributed by atoms with Crippen molar-refractivity contribution in [1.29, 1.82) is 0 Å². The van der Waals surface area contributed by atoms with Gasteiger partial charge in [0.05, 0.1) is 6.42 Å². The number of hydrogen-bond donors (Lipinski definition) is 3. The number of anilines is 1. The van der Waals surface area contributed by atoms with Crippen LogP contribution >= 0.6 is 12.4 Å². The van der Waals surface area contributed by atoms with E-state index in [2.05, 4.69) is 5.32 Å². The van der Waals surface area contributed by atoms with Crippen molar-refractivity contribution in [2.75, 3.05) is 5.32 Å². The molecule has 0 bridgehead atoms. The van der Waals surface area contributed by atoms with Crippen molar-refractivity contribution in [3.63, 3.8) is 0 Å². The SMILES string of the molecule is CC(N)CC(=O)Nc1ccc(CC(N)=O)cc1.Cl. The lowest BCUT2D eigenvalue weighted by atomic mass is 10.1. The van der Waals surface area contributed by atoms with E-state index in [4.69, 9.17) is 11.5 Å². The molecule has 0 heterocycles. The van der Waals surface area contributed by atoms with Gasteiger partial charge >= 0.3 is 0 Å². The number of primary amides is 1. The van der Waals surface area contributed by atoms with Gasteiger partial charge in [-0.2, -0.15) is 0 Å². The molecule has 0 spiro atoms. The summed E-state index contributed by atoms with van der Waals surface area (Å²) in [6.45, 7) is 1.77. The lowest BCUT2D eigenvalue weighted by Crippen LogP contribution is -2.23. The molecule has 0 aromatic heterocycles. The molecule has 0 aliphatic carbocycles. The zero-order valence-corrected chi connectivity index (χ0v) is 11.0. The standard InChI is InChI=1S/C12H17N3O2.ClH/c1-8(13)6-12(17)15-10-4-2-9(3-5-10)7-11(14)16;/h2-5,8H,6-7,13H2,1H3,(H2,14,16)(H,15,17);1H. The fourth-order valence-corrected chi connectivity index (χ4v) is 1.41. The Morgan fingerprint density at radius 3 is 2.28 bits per heavy atom. The molecule has 6 heteroatoms. The second-order valence-corrected chi connectivity index (χ2v) is 4.07. The van der Waals surface area contributed by atoms with Crippen LogP contribution in [0.5, 0.6) is 0 Å². The van der Waals surface area contributed by atoms with Crippen LogP contribution in [0, 0.1) is 0 Å². The summed E-state index contributed by atoms with van der Waals surface area (Å²) in [4.78, 5) is 22.1. The largest absolute Gasteiger partial charge is 0.369 e. The van der Waals surface area contributed by atoms with E-state index in [0.29, 0.717) is 5.69 Å². The summed E-state index contributed by atoms with van der Waals surface area (Å²) in [5.41, 5.74) is 12.1. The number of nitrogens with two attached hydrogens (primary N) is 2. The van der Waals surface area contributed by atoms with Gasteiger partial charge in [0.25, 0.3) is 0 Å². The highest BCUT2D eigenvalue weighted by atomic mass is 35.5. The highest BCUT2D eigenvalue weighted by Crippen LogP contribution is 2.10. The number of benzene rings is 1. The Morgan fingerprint density at radius 1 is 1.28 bits per heavy atom. The summed E-state index contributed by atoms with van der Waals surface area (Å²) in [6, 6.07) is 6.82. The van der Waals surface area contributed by atoms with Crippen LogP contribution in [0.25, 0.3) is 0 Å². The van der Waals surface area contributed by atoms with Gasteiger partial charge < -0.3 is 16.8 Å². The molecule has 1 atom stereocenters. The zero-order chi connectivity index (χ0) is 12.8. The quantitative estimate of drug-likeness (QED) is 0.739. The average molecular weight is 272 g/mol. The molecular formula is C12H18ClN3O2. The fourth-order valence-electron chi connectivity index (χ4n) is 1.41. The molecule has 5 nitrogen and oxygen atoms in total. The summed E-state index contributed by atoms with van der Waals surface area (Å²) in [7, 11) is 0. The number of nitrogens with one attached hydrogen (secondary N) is 1. The second-order valence-electron chi connectivity index (χ2n) is 4.07. The van der Waals surface area contributed by atoms with Gasteiger partial charge in [0.1, 0.15) is 0 Å². The van der Waals surface area contributed by atoms with Crippen LogP contribution in [0.1, 0.15) is 18.9 Å². The molecule has 0 saturated heterocycles. The lowest BCUT2D eigenvalue weighted by Gasteiger charge is -2.07. The van der Waals surface area contributed by atoms with E-state index in [1.807, 2.05) is 0 Å². The summed E-state index contributed by atoms with van der Waals surface area (Å²) in [5.74, 6) is -0.499. The predicted molar refractivity (Wildman–Crippen MR) is 73.5 cm³/mol. The van der Waals surface area contributed by atoms with E-state index in [9.17, 15) is 9.59 Å². The maximum atomic E-state index is 11.4. The van der Waals surface area contributed by atoms with E-state index in [-0.39, 0.29) is 43.1 Å². The summed E-state index contributed by atoms with van der Waals surface area (Å²) in [6.07, 6.45) is 0.483. The minimum absolute atomic E-state index is 0. The van der Waals surface area contributed by atoms with Gasteiger partial charge in [-0.3, -0.25) is 9.59 Å². The van der Waals surface area contributed by atoms with Crippen LogP contribution in [0.3, 0.4) is 0 Å². The third-order valence-electron chi connectivity index (χ3n) is 2.12. The number of halogens is 1. The highest BCUT2D eigenvalue weighted by molar-refractivity contribution is 5.91. The van der Waals surface area contributed by atoms with E-state index >= 15 is 0 Å². The Balaban J connectivity index is 0.00000289. The van der Waals surface area contributed by atoms with Crippen molar-refractivity contribution in [3.05, 3.63) is 29.8 Å². The molecule has 1 aromatic rings. The molecule has 5 N–H and O–H groups in total. The van der Waals surface area contributed by atoms with E-state index in [1.165, 1.54) is 0 Å². The Hall–Kier alpha value is -1.59. The third kappa shape index (κ3) is 6.22. The van der Waals surface area contributed by atoms with Crippen molar-refractivity contribution >= 4 is 29.9 Å². The van der Waals surface area contributed by atoms with Crippen molar-refractivity contribution in [2.45, 2.75) is 25.8 Å². The molecule has 1 rings (SSSR count). The number of amides is 2. The zero-order valence-electron chi connectivity index (χ0n) is 10.2. The first-order valence-corrected chi connectivity index (χ1v) is 5.40. The minimum atomic E-state index is -0.376. The lowest BCUT2D eigenvalue weighted by molar-refractivity contribution is -0.117. The van der Waals surface area contributed by atoms with Gasteiger partial charge in [0, 0.05) is 18.2 Å². The second kappa shape index (κ2) is 7.68. The molecule has 0 fully saturated rings. The molecular weight excluding hydrogens is 254 g/mol. The van der Waals surface area contributed by atoms with E-state index in [1.54, 1.807) is 31.2 Å². The molecule has 1 aromatic carbocycles. The summed E-state index contributed by atoms with van der Waals surface area (Å²) in [5, 5.41) is 2.72. The third-order valence-corrected chi connectivity index (χ3v) is 2.12. The molecule has 1 unspecified atom stereocenters. The first kappa shape index (κ1) is 16.4. The van der Waals surface area contributed by atoms with Crippen LogP contribution in [0.15, 0.2) is 24.3 Å². The molecule has 18 heavy (non-hydrogen) atoms. The first-order chi connectivity index (χ1) is 7.97. The number of carbonyl (C=O) groups excluding carboxylic acids is 2. The molecule has 2 amide bonds. The smallest absolute Gasteiger partial charge is 0.225 e. The maximum absolute atomic E-state index is 11.4. The highest BCUT2D eigenvalue weighted by Gasteiger charge is 2.05.